The number of ether oxygens (including phenoxy) is 2. The van der Waals surface area contributed by atoms with E-state index in [1.54, 1.807) is 7.11 Å². The highest BCUT2D eigenvalue weighted by Crippen LogP contribution is 2.24. The molecule has 0 aliphatic carbocycles. The summed E-state index contributed by atoms with van der Waals surface area (Å²) in [4.78, 5) is 12.0. The molecule has 0 unspecified atom stereocenters. The fourth-order valence-electron chi connectivity index (χ4n) is 2.39. The van der Waals surface area contributed by atoms with E-state index in [4.69, 9.17) is 9.47 Å². The van der Waals surface area contributed by atoms with Crippen molar-refractivity contribution in [2.75, 3.05) is 20.3 Å². The van der Waals surface area contributed by atoms with Gasteiger partial charge in [0.25, 0.3) is 0 Å². The number of methoxy groups -OCH3 is 1. The van der Waals surface area contributed by atoms with Gasteiger partial charge in [0.2, 0.25) is 0 Å². The van der Waals surface area contributed by atoms with E-state index in [0.717, 1.165) is 22.6 Å². The van der Waals surface area contributed by atoms with Crippen LogP contribution in [0.1, 0.15) is 24.1 Å². The summed E-state index contributed by atoms with van der Waals surface area (Å²) < 4.78 is 10.9. The second kappa shape index (κ2) is 8.82. The molecule has 2 N–H and O–H groups in total. The SMILES string of the molecule is COc1ccccc1[C@H](C)NC(=O)NCCOc1cccc(C)c1. The third-order valence-electron chi connectivity index (χ3n) is 3.60. The minimum Gasteiger partial charge on any atom is -0.496 e. The van der Waals surface area contributed by atoms with E-state index in [9.17, 15) is 4.79 Å². The number of hydrogen-bond donors (Lipinski definition) is 2. The Hall–Kier alpha value is -2.69. The molecule has 0 fully saturated rings. The summed E-state index contributed by atoms with van der Waals surface area (Å²) in [6, 6.07) is 15.1. The van der Waals surface area contributed by atoms with Crippen LogP contribution in [0.5, 0.6) is 11.5 Å². The summed E-state index contributed by atoms with van der Waals surface area (Å²) in [7, 11) is 1.62. The third kappa shape index (κ3) is 5.19. The molecule has 24 heavy (non-hydrogen) atoms. The summed E-state index contributed by atoms with van der Waals surface area (Å²) >= 11 is 0. The van der Waals surface area contributed by atoms with Crippen molar-refractivity contribution in [1.82, 2.24) is 10.6 Å². The maximum absolute atomic E-state index is 12.0. The smallest absolute Gasteiger partial charge is 0.315 e. The van der Waals surface area contributed by atoms with Gasteiger partial charge in [0, 0.05) is 5.56 Å². The van der Waals surface area contributed by atoms with Gasteiger partial charge in [-0.05, 0) is 37.6 Å². The van der Waals surface area contributed by atoms with Crippen molar-refractivity contribution in [2.24, 2.45) is 0 Å². The molecule has 0 aromatic heterocycles. The van der Waals surface area contributed by atoms with Crippen LogP contribution in [0.3, 0.4) is 0 Å². The largest absolute Gasteiger partial charge is 0.496 e. The predicted molar refractivity (Wildman–Crippen MR) is 94.6 cm³/mol. The van der Waals surface area contributed by atoms with Crippen LogP contribution in [0.25, 0.3) is 0 Å². The first kappa shape index (κ1) is 17.7. The lowest BCUT2D eigenvalue weighted by atomic mass is 10.1. The van der Waals surface area contributed by atoms with Gasteiger partial charge in [-0.1, -0.05) is 30.3 Å². The number of para-hydroxylation sites is 1. The van der Waals surface area contributed by atoms with Crippen LogP contribution in [0.2, 0.25) is 0 Å². The molecule has 0 aliphatic heterocycles. The Morgan fingerprint density at radius 3 is 2.71 bits per heavy atom. The van der Waals surface area contributed by atoms with E-state index in [-0.39, 0.29) is 12.1 Å². The van der Waals surface area contributed by atoms with Crippen LogP contribution >= 0.6 is 0 Å². The average Bonchev–Trinajstić information content (AvgIpc) is 2.58. The van der Waals surface area contributed by atoms with Crippen LogP contribution < -0.4 is 20.1 Å². The molecule has 2 aromatic carbocycles. The molecule has 2 amide bonds. The van der Waals surface area contributed by atoms with Crippen LogP contribution in [-0.4, -0.2) is 26.3 Å². The first-order valence-corrected chi connectivity index (χ1v) is 7.97. The van der Waals surface area contributed by atoms with Gasteiger partial charge < -0.3 is 20.1 Å². The molecule has 5 nitrogen and oxygen atoms in total. The quantitative estimate of drug-likeness (QED) is 0.766. The zero-order valence-electron chi connectivity index (χ0n) is 14.3. The highest BCUT2D eigenvalue weighted by molar-refractivity contribution is 5.74. The van der Waals surface area contributed by atoms with Crippen molar-refractivity contribution in [3.8, 4) is 11.5 Å². The number of carbonyl (C=O) groups is 1. The molecule has 0 radical (unpaired) electrons. The van der Waals surface area contributed by atoms with Gasteiger partial charge in [-0.3, -0.25) is 0 Å². The molecule has 2 rings (SSSR count). The van der Waals surface area contributed by atoms with E-state index in [0.29, 0.717) is 13.2 Å². The number of hydrogen-bond acceptors (Lipinski definition) is 3. The zero-order valence-corrected chi connectivity index (χ0v) is 14.3. The molecule has 0 spiro atoms. The molecule has 128 valence electrons. The number of urea groups is 1. The Balaban J connectivity index is 1.75. The second-order valence-electron chi connectivity index (χ2n) is 5.53. The lowest BCUT2D eigenvalue weighted by Crippen LogP contribution is -2.39. The highest BCUT2D eigenvalue weighted by atomic mass is 16.5. The summed E-state index contributed by atoms with van der Waals surface area (Å²) in [5.41, 5.74) is 2.08. The number of nitrogens with one attached hydrogen (secondary N) is 2. The summed E-state index contributed by atoms with van der Waals surface area (Å²) in [5.74, 6) is 1.56. The van der Waals surface area contributed by atoms with Gasteiger partial charge >= 0.3 is 6.03 Å². The molecule has 0 saturated heterocycles. The van der Waals surface area contributed by atoms with Crippen LogP contribution in [0.4, 0.5) is 4.79 Å². The maximum atomic E-state index is 12.0. The molecule has 1 atom stereocenters. The molecule has 5 heteroatoms. The number of amides is 2. The monoisotopic (exact) mass is 328 g/mol. The van der Waals surface area contributed by atoms with E-state index in [1.165, 1.54) is 0 Å². The summed E-state index contributed by atoms with van der Waals surface area (Å²) in [5, 5.41) is 5.68. The number of aryl methyl sites for hydroxylation is 1. The molecule has 2 aromatic rings. The van der Waals surface area contributed by atoms with Crippen molar-refractivity contribution >= 4 is 6.03 Å². The molecule has 0 saturated carbocycles. The lowest BCUT2D eigenvalue weighted by molar-refractivity contribution is 0.233. The molecule has 0 aliphatic rings. The van der Waals surface area contributed by atoms with Gasteiger partial charge in [0.1, 0.15) is 18.1 Å². The van der Waals surface area contributed by atoms with Crippen LogP contribution in [0, 0.1) is 6.92 Å². The Labute approximate surface area is 143 Å². The van der Waals surface area contributed by atoms with Gasteiger partial charge in [0.15, 0.2) is 0 Å². The van der Waals surface area contributed by atoms with E-state index in [2.05, 4.69) is 10.6 Å². The molecule has 0 bridgehead atoms. The molecule has 0 heterocycles. The fourth-order valence-corrected chi connectivity index (χ4v) is 2.39. The molecular weight excluding hydrogens is 304 g/mol. The first-order chi connectivity index (χ1) is 11.6. The average molecular weight is 328 g/mol. The zero-order chi connectivity index (χ0) is 17.4. The van der Waals surface area contributed by atoms with Crippen molar-refractivity contribution in [1.29, 1.82) is 0 Å². The second-order valence-corrected chi connectivity index (χ2v) is 5.53. The van der Waals surface area contributed by atoms with Crippen molar-refractivity contribution in [2.45, 2.75) is 19.9 Å². The summed E-state index contributed by atoms with van der Waals surface area (Å²) in [6.45, 7) is 4.77. The summed E-state index contributed by atoms with van der Waals surface area (Å²) in [6.07, 6.45) is 0. The van der Waals surface area contributed by atoms with Gasteiger partial charge in [-0.25, -0.2) is 4.79 Å². The lowest BCUT2D eigenvalue weighted by Gasteiger charge is -2.17. The number of carbonyl (C=O) groups excluding carboxylic acids is 1. The molecular formula is C19H24N2O3. The third-order valence-corrected chi connectivity index (χ3v) is 3.60. The van der Waals surface area contributed by atoms with Crippen molar-refractivity contribution in [3.05, 3.63) is 59.7 Å². The van der Waals surface area contributed by atoms with Crippen LogP contribution in [0.15, 0.2) is 48.5 Å². The standard InChI is InChI=1S/C19H24N2O3/c1-14-7-6-8-16(13-14)24-12-11-20-19(22)21-15(2)17-9-4-5-10-18(17)23-3/h4-10,13,15H,11-12H2,1-3H3,(H2,20,21,22)/t15-/m0/s1. The number of benzene rings is 2. The number of rotatable bonds is 7. The van der Waals surface area contributed by atoms with Gasteiger partial charge in [-0.2, -0.15) is 0 Å². The maximum Gasteiger partial charge on any atom is 0.315 e. The van der Waals surface area contributed by atoms with E-state index in [1.807, 2.05) is 62.4 Å². The van der Waals surface area contributed by atoms with E-state index >= 15 is 0 Å². The predicted octanol–water partition coefficient (Wildman–Crippen LogP) is 3.44. The fraction of sp³-hybridized carbons (Fsp3) is 0.316. The topological polar surface area (TPSA) is 59.6 Å². The Morgan fingerprint density at radius 2 is 1.96 bits per heavy atom. The van der Waals surface area contributed by atoms with Crippen molar-refractivity contribution < 1.29 is 14.3 Å². The normalized spacial score (nSPS) is 11.5. The Morgan fingerprint density at radius 1 is 1.17 bits per heavy atom. The highest BCUT2D eigenvalue weighted by Gasteiger charge is 2.13. The Bertz CT molecular complexity index is 673. The van der Waals surface area contributed by atoms with Crippen LogP contribution in [-0.2, 0) is 0 Å². The van der Waals surface area contributed by atoms with Gasteiger partial charge in [-0.15, -0.1) is 0 Å². The first-order valence-electron chi connectivity index (χ1n) is 7.97. The minimum atomic E-state index is -0.235. The van der Waals surface area contributed by atoms with E-state index < -0.39 is 0 Å². The minimum absolute atomic E-state index is 0.154. The van der Waals surface area contributed by atoms with Gasteiger partial charge in [0.05, 0.1) is 19.7 Å². The van der Waals surface area contributed by atoms with Crippen molar-refractivity contribution in [3.63, 3.8) is 0 Å². The Kier molecular flexibility index (Phi) is 6.49.